The van der Waals surface area contributed by atoms with Gasteiger partial charge in [-0.25, -0.2) is 4.79 Å². The molecule has 0 bridgehead atoms. The van der Waals surface area contributed by atoms with Crippen LogP contribution >= 0.6 is 0 Å². The first-order valence-corrected chi connectivity index (χ1v) is 11.9. The van der Waals surface area contributed by atoms with Crippen molar-refractivity contribution in [1.29, 1.82) is 0 Å². The van der Waals surface area contributed by atoms with Crippen LogP contribution in [0.15, 0.2) is 59.0 Å². The number of amides is 3. The van der Waals surface area contributed by atoms with E-state index >= 15 is 0 Å². The Balaban J connectivity index is 1.11. The number of imide groups is 1. The summed E-state index contributed by atoms with van der Waals surface area (Å²) in [5.74, 6) is 1.05. The summed E-state index contributed by atoms with van der Waals surface area (Å²) < 4.78 is 5.99. The third-order valence-electron chi connectivity index (χ3n) is 7.90. The topological polar surface area (TPSA) is 65.8 Å². The Morgan fingerprint density at radius 1 is 1.00 bits per heavy atom. The SMILES string of the molecule is CC1(C2CCN(Cc3cc4ccccc4o3)CC2)NC(=O)N(C2Cc3ccccc3C2)C1=O. The average molecular weight is 444 g/mol. The summed E-state index contributed by atoms with van der Waals surface area (Å²) in [6.45, 7) is 4.46. The van der Waals surface area contributed by atoms with Gasteiger partial charge in [0.2, 0.25) is 0 Å². The summed E-state index contributed by atoms with van der Waals surface area (Å²) in [6.07, 6.45) is 3.26. The van der Waals surface area contributed by atoms with Crippen LogP contribution in [0.2, 0.25) is 0 Å². The average Bonchev–Trinajstić information content (AvgIpc) is 3.48. The lowest BCUT2D eigenvalue weighted by Gasteiger charge is -2.38. The van der Waals surface area contributed by atoms with Crippen molar-refractivity contribution < 1.29 is 14.0 Å². The standard InChI is InChI=1S/C27H29N3O3/c1-27(25(31)30(26(32)28-27)22-14-18-6-2-3-7-19(18)15-22)21-10-12-29(13-11-21)17-23-16-20-8-4-5-9-24(20)33-23/h2-9,16,21-22H,10-15,17H2,1H3,(H,28,32). The second-order valence-electron chi connectivity index (χ2n) is 9.94. The van der Waals surface area contributed by atoms with Crippen molar-refractivity contribution in [2.75, 3.05) is 13.1 Å². The predicted octanol–water partition coefficient (Wildman–Crippen LogP) is 4.12. The molecule has 1 unspecified atom stereocenters. The number of hydrogen-bond acceptors (Lipinski definition) is 4. The Hall–Kier alpha value is -3.12. The summed E-state index contributed by atoms with van der Waals surface area (Å²) >= 11 is 0. The van der Waals surface area contributed by atoms with Gasteiger partial charge in [-0.05, 0) is 74.9 Å². The fourth-order valence-electron chi connectivity index (χ4n) is 6.01. The Kier molecular flexibility index (Phi) is 4.80. The smallest absolute Gasteiger partial charge is 0.325 e. The van der Waals surface area contributed by atoms with Crippen molar-refractivity contribution in [3.63, 3.8) is 0 Å². The van der Waals surface area contributed by atoms with Crippen LogP contribution in [0.25, 0.3) is 11.0 Å². The van der Waals surface area contributed by atoms with Gasteiger partial charge < -0.3 is 9.73 Å². The van der Waals surface area contributed by atoms with Crippen LogP contribution in [0, 0.1) is 5.92 Å². The van der Waals surface area contributed by atoms with Gasteiger partial charge in [0.05, 0.1) is 6.54 Å². The quantitative estimate of drug-likeness (QED) is 0.616. The Morgan fingerprint density at radius 3 is 2.36 bits per heavy atom. The molecule has 2 fully saturated rings. The van der Waals surface area contributed by atoms with E-state index in [4.69, 9.17) is 4.42 Å². The van der Waals surface area contributed by atoms with E-state index in [2.05, 4.69) is 34.5 Å². The molecule has 2 aliphatic heterocycles. The summed E-state index contributed by atoms with van der Waals surface area (Å²) in [6, 6.07) is 18.1. The van der Waals surface area contributed by atoms with Crippen LogP contribution in [0.3, 0.4) is 0 Å². The number of para-hydroxylation sites is 1. The van der Waals surface area contributed by atoms with Crippen LogP contribution in [-0.4, -0.2) is 46.4 Å². The highest BCUT2D eigenvalue weighted by molar-refractivity contribution is 6.07. The fraction of sp³-hybridized carbons (Fsp3) is 0.407. The number of nitrogens with one attached hydrogen (secondary N) is 1. The van der Waals surface area contributed by atoms with Crippen LogP contribution in [0.5, 0.6) is 0 Å². The van der Waals surface area contributed by atoms with Gasteiger partial charge in [0, 0.05) is 11.4 Å². The number of rotatable bonds is 4. The van der Waals surface area contributed by atoms with Crippen molar-refractivity contribution in [2.24, 2.45) is 5.92 Å². The van der Waals surface area contributed by atoms with Crippen LogP contribution in [0.1, 0.15) is 36.7 Å². The van der Waals surface area contributed by atoms with Gasteiger partial charge in [0.1, 0.15) is 16.9 Å². The van der Waals surface area contributed by atoms with Crippen LogP contribution < -0.4 is 5.32 Å². The first-order valence-electron chi connectivity index (χ1n) is 11.9. The molecule has 1 aromatic heterocycles. The number of benzene rings is 2. The third kappa shape index (κ3) is 3.44. The summed E-state index contributed by atoms with van der Waals surface area (Å²) in [4.78, 5) is 30.4. The Morgan fingerprint density at radius 2 is 1.67 bits per heavy atom. The zero-order valence-electron chi connectivity index (χ0n) is 18.9. The largest absolute Gasteiger partial charge is 0.460 e. The highest BCUT2D eigenvalue weighted by Gasteiger charge is 2.55. The van der Waals surface area contributed by atoms with Crippen molar-refractivity contribution in [1.82, 2.24) is 15.1 Å². The number of hydrogen-bond donors (Lipinski definition) is 1. The second kappa shape index (κ2) is 7.73. The molecule has 0 saturated carbocycles. The number of piperidine rings is 1. The molecule has 3 amide bonds. The third-order valence-corrected chi connectivity index (χ3v) is 7.90. The van der Waals surface area contributed by atoms with Crippen molar-refractivity contribution in [3.8, 4) is 0 Å². The lowest BCUT2D eigenvalue weighted by molar-refractivity contribution is -0.134. The van der Waals surface area contributed by atoms with E-state index in [1.54, 1.807) is 0 Å². The molecule has 3 heterocycles. The van der Waals surface area contributed by atoms with E-state index in [1.165, 1.54) is 16.0 Å². The van der Waals surface area contributed by atoms with Crippen molar-refractivity contribution in [3.05, 3.63) is 71.5 Å². The van der Waals surface area contributed by atoms with Gasteiger partial charge in [-0.3, -0.25) is 14.6 Å². The minimum atomic E-state index is -0.822. The number of carbonyl (C=O) groups excluding carboxylic acids is 2. The van der Waals surface area contributed by atoms with Gasteiger partial charge in [-0.15, -0.1) is 0 Å². The molecular weight excluding hydrogens is 414 g/mol. The van der Waals surface area contributed by atoms with Gasteiger partial charge in [-0.1, -0.05) is 42.5 Å². The first kappa shape index (κ1) is 20.5. The molecule has 6 rings (SSSR count). The molecule has 3 aliphatic rings. The monoisotopic (exact) mass is 443 g/mol. The maximum absolute atomic E-state index is 13.6. The predicted molar refractivity (Wildman–Crippen MR) is 126 cm³/mol. The van der Waals surface area contributed by atoms with Gasteiger partial charge in [0.15, 0.2) is 0 Å². The second-order valence-corrected chi connectivity index (χ2v) is 9.94. The number of carbonyl (C=O) groups is 2. The van der Waals surface area contributed by atoms with E-state index in [0.717, 1.165) is 62.0 Å². The number of furan rings is 1. The lowest BCUT2D eigenvalue weighted by Crippen LogP contribution is -2.54. The van der Waals surface area contributed by atoms with Gasteiger partial charge in [-0.2, -0.15) is 0 Å². The molecule has 6 nitrogen and oxygen atoms in total. The first-order chi connectivity index (χ1) is 16.0. The molecule has 1 atom stereocenters. The zero-order valence-corrected chi connectivity index (χ0v) is 18.9. The molecule has 0 spiro atoms. The molecule has 6 heteroatoms. The van der Waals surface area contributed by atoms with E-state index < -0.39 is 5.54 Å². The zero-order chi connectivity index (χ0) is 22.6. The number of likely N-dealkylation sites (tertiary alicyclic amines) is 1. The van der Waals surface area contributed by atoms with Crippen molar-refractivity contribution >= 4 is 22.9 Å². The minimum Gasteiger partial charge on any atom is -0.460 e. The normalized spacial score (nSPS) is 24.6. The fourth-order valence-corrected chi connectivity index (χ4v) is 6.01. The molecule has 2 saturated heterocycles. The molecule has 170 valence electrons. The summed E-state index contributed by atoms with van der Waals surface area (Å²) in [7, 11) is 0. The summed E-state index contributed by atoms with van der Waals surface area (Å²) in [5, 5.41) is 4.21. The minimum absolute atomic E-state index is 0.0546. The van der Waals surface area contributed by atoms with E-state index in [1.807, 2.05) is 37.3 Å². The van der Waals surface area contributed by atoms with Gasteiger partial charge >= 0.3 is 6.03 Å². The number of fused-ring (bicyclic) bond motifs is 2. The lowest BCUT2D eigenvalue weighted by atomic mass is 9.78. The van der Waals surface area contributed by atoms with Gasteiger partial charge in [0.25, 0.3) is 5.91 Å². The van der Waals surface area contributed by atoms with Crippen LogP contribution in [0.4, 0.5) is 4.79 Å². The molecule has 0 radical (unpaired) electrons. The van der Waals surface area contributed by atoms with E-state index in [-0.39, 0.29) is 23.9 Å². The Bertz CT molecular complexity index is 1170. The highest BCUT2D eigenvalue weighted by Crippen LogP contribution is 2.37. The maximum atomic E-state index is 13.6. The Labute approximate surface area is 193 Å². The number of nitrogens with zero attached hydrogens (tertiary/aromatic N) is 2. The molecule has 33 heavy (non-hydrogen) atoms. The van der Waals surface area contributed by atoms with Crippen LogP contribution in [-0.2, 0) is 24.2 Å². The molecular formula is C27H29N3O3. The summed E-state index contributed by atoms with van der Waals surface area (Å²) in [5.41, 5.74) is 2.59. The molecule has 1 aliphatic carbocycles. The maximum Gasteiger partial charge on any atom is 0.325 e. The molecule has 2 aromatic carbocycles. The number of urea groups is 1. The van der Waals surface area contributed by atoms with Crippen molar-refractivity contribution in [2.45, 2.75) is 50.7 Å². The highest BCUT2D eigenvalue weighted by atomic mass is 16.3. The van der Waals surface area contributed by atoms with E-state index in [0.29, 0.717) is 0 Å². The molecule has 1 N–H and O–H groups in total. The van der Waals surface area contributed by atoms with E-state index in [9.17, 15) is 9.59 Å². The molecule has 3 aromatic rings.